The molecular weight excluding hydrogens is 272 g/mol. The van der Waals surface area contributed by atoms with E-state index < -0.39 is 0 Å². The monoisotopic (exact) mass is 282 g/mol. The molecule has 0 saturated heterocycles. The Morgan fingerprint density at radius 3 is 2.72 bits per heavy atom. The highest BCUT2D eigenvalue weighted by atomic mass is 35.5. The molecule has 0 radical (unpaired) electrons. The van der Waals surface area contributed by atoms with Crippen LogP contribution in [0, 0.1) is 0 Å². The lowest BCUT2D eigenvalue weighted by atomic mass is 10.2. The lowest BCUT2D eigenvalue weighted by Crippen LogP contribution is -1.96. The predicted octanol–water partition coefficient (Wildman–Crippen LogP) is 3.80. The average Bonchev–Trinajstić information content (AvgIpc) is 2.82. The normalized spacial score (nSPS) is 10.1. The number of rotatable bonds is 5. The predicted molar refractivity (Wildman–Crippen MR) is 72.0 cm³/mol. The van der Waals surface area contributed by atoms with Gasteiger partial charge in [0.1, 0.15) is 12.9 Å². The Balaban J connectivity index is 2.11. The van der Waals surface area contributed by atoms with Crippen molar-refractivity contribution in [2.75, 3.05) is 7.11 Å². The minimum atomic E-state index is 0.425. The summed E-state index contributed by atoms with van der Waals surface area (Å²) in [6, 6.07) is 8.80. The number of carbonyl (C=O) groups excluding carboxylic acids is 1. The number of hydrogen-bond acceptors (Lipinski definition) is 4. The number of methoxy groups -OCH3 is 1. The van der Waals surface area contributed by atoms with Gasteiger partial charge in [0, 0.05) is 10.4 Å². The zero-order valence-electron chi connectivity index (χ0n) is 9.68. The van der Waals surface area contributed by atoms with Crippen molar-refractivity contribution in [2.24, 2.45) is 0 Å². The molecule has 0 bridgehead atoms. The molecule has 0 spiro atoms. The highest BCUT2D eigenvalue weighted by molar-refractivity contribution is 7.16. The lowest BCUT2D eigenvalue weighted by Gasteiger charge is -2.10. The minimum Gasteiger partial charge on any atom is -0.493 e. The second-order valence-corrected chi connectivity index (χ2v) is 5.32. The third kappa shape index (κ3) is 3.03. The van der Waals surface area contributed by atoms with Gasteiger partial charge in [-0.15, -0.1) is 11.3 Å². The summed E-state index contributed by atoms with van der Waals surface area (Å²) in [4.78, 5) is 11.7. The molecule has 0 aliphatic rings. The summed E-state index contributed by atoms with van der Waals surface area (Å²) >= 11 is 7.31. The van der Waals surface area contributed by atoms with Crippen LogP contribution in [-0.4, -0.2) is 13.4 Å². The van der Waals surface area contributed by atoms with Gasteiger partial charge in [0.15, 0.2) is 11.5 Å². The molecule has 0 unspecified atom stereocenters. The van der Waals surface area contributed by atoms with Crippen LogP contribution in [0.1, 0.15) is 15.2 Å². The highest BCUT2D eigenvalue weighted by Crippen LogP contribution is 2.29. The zero-order chi connectivity index (χ0) is 13.0. The molecule has 0 saturated carbocycles. The summed E-state index contributed by atoms with van der Waals surface area (Å²) < 4.78 is 11.5. The largest absolute Gasteiger partial charge is 0.493 e. The van der Waals surface area contributed by atoms with Gasteiger partial charge in [-0.05, 0) is 30.3 Å². The fourth-order valence-electron chi connectivity index (χ4n) is 1.45. The molecule has 0 atom stereocenters. The standard InChI is InChI=1S/C13H11ClO3S/c1-16-12-6-9(7-15)2-4-11(12)17-8-10-3-5-13(14)18-10/h2-7H,8H2,1H3. The third-order valence-electron chi connectivity index (χ3n) is 2.32. The third-order valence-corrected chi connectivity index (χ3v) is 3.53. The van der Waals surface area contributed by atoms with Gasteiger partial charge >= 0.3 is 0 Å². The van der Waals surface area contributed by atoms with Gasteiger partial charge in [-0.2, -0.15) is 0 Å². The Morgan fingerprint density at radius 1 is 1.28 bits per heavy atom. The van der Waals surface area contributed by atoms with Gasteiger partial charge in [0.05, 0.1) is 11.4 Å². The van der Waals surface area contributed by atoms with Crippen LogP contribution in [0.4, 0.5) is 0 Å². The molecule has 0 aliphatic heterocycles. The van der Waals surface area contributed by atoms with Gasteiger partial charge in [-0.25, -0.2) is 0 Å². The molecule has 5 heteroatoms. The average molecular weight is 283 g/mol. The summed E-state index contributed by atoms with van der Waals surface area (Å²) in [7, 11) is 1.54. The Morgan fingerprint density at radius 2 is 2.11 bits per heavy atom. The molecule has 0 N–H and O–H groups in total. The molecule has 1 aromatic heterocycles. The van der Waals surface area contributed by atoms with Gasteiger partial charge in [-0.1, -0.05) is 11.6 Å². The van der Waals surface area contributed by atoms with E-state index in [0.29, 0.717) is 23.7 Å². The molecule has 1 aromatic carbocycles. The van der Waals surface area contributed by atoms with Gasteiger partial charge in [0.25, 0.3) is 0 Å². The van der Waals surface area contributed by atoms with Gasteiger partial charge in [0.2, 0.25) is 0 Å². The lowest BCUT2D eigenvalue weighted by molar-refractivity contribution is 0.112. The van der Waals surface area contributed by atoms with Crippen LogP contribution in [0.25, 0.3) is 0 Å². The molecule has 2 aromatic rings. The number of ether oxygens (including phenoxy) is 2. The summed E-state index contributed by atoms with van der Waals surface area (Å²) in [5.41, 5.74) is 0.554. The van der Waals surface area contributed by atoms with Crippen molar-refractivity contribution < 1.29 is 14.3 Å². The van der Waals surface area contributed by atoms with Crippen LogP contribution in [0.15, 0.2) is 30.3 Å². The molecule has 0 fully saturated rings. The summed E-state index contributed by atoms with van der Waals surface area (Å²) in [6.45, 7) is 0.425. The van der Waals surface area contributed by atoms with E-state index in [4.69, 9.17) is 21.1 Å². The van der Waals surface area contributed by atoms with Crippen LogP contribution in [0.3, 0.4) is 0 Å². The van der Waals surface area contributed by atoms with E-state index in [0.717, 1.165) is 15.5 Å². The molecule has 0 aliphatic carbocycles. The van der Waals surface area contributed by atoms with Crippen molar-refractivity contribution in [1.82, 2.24) is 0 Å². The van der Waals surface area contributed by atoms with Crippen LogP contribution < -0.4 is 9.47 Å². The van der Waals surface area contributed by atoms with Crippen LogP contribution in [0.2, 0.25) is 4.34 Å². The Labute approximate surface area is 114 Å². The molecule has 18 heavy (non-hydrogen) atoms. The van der Waals surface area contributed by atoms with E-state index in [1.807, 2.05) is 12.1 Å². The first kappa shape index (κ1) is 12.9. The summed E-state index contributed by atoms with van der Waals surface area (Å²) in [5, 5.41) is 0. The first-order valence-corrected chi connectivity index (χ1v) is 6.42. The van der Waals surface area contributed by atoms with Gasteiger partial charge < -0.3 is 9.47 Å². The first-order chi connectivity index (χ1) is 8.72. The number of benzene rings is 1. The van der Waals surface area contributed by atoms with E-state index in [2.05, 4.69) is 0 Å². The van der Waals surface area contributed by atoms with Crippen molar-refractivity contribution in [3.8, 4) is 11.5 Å². The maximum absolute atomic E-state index is 10.7. The maximum Gasteiger partial charge on any atom is 0.161 e. The molecule has 1 heterocycles. The number of halogens is 1. The Kier molecular flexibility index (Phi) is 4.23. The molecule has 0 amide bonds. The summed E-state index contributed by atoms with van der Waals surface area (Å²) in [6.07, 6.45) is 0.769. The van der Waals surface area contributed by atoms with E-state index in [9.17, 15) is 4.79 Å². The van der Waals surface area contributed by atoms with Gasteiger partial charge in [-0.3, -0.25) is 4.79 Å². The fourth-order valence-corrected chi connectivity index (χ4v) is 2.46. The number of aldehydes is 1. The van der Waals surface area contributed by atoms with E-state index >= 15 is 0 Å². The zero-order valence-corrected chi connectivity index (χ0v) is 11.3. The quantitative estimate of drug-likeness (QED) is 0.783. The second-order valence-electron chi connectivity index (χ2n) is 3.52. The minimum absolute atomic E-state index is 0.425. The number of hydrogen-bond donors (Lipinski definition) is 0. The fraction of sp³-hybridized carbons (Fsp3) is 0.154. The van der Waals surface area contributed by atoms with Crippen molar-refractivity contribution in [3.05, 3.63) is 45.1 Å². The van der Waals surface area contributed by atoms with E-state index in [-0.39, 0.29) is 0 Å². The molecule has 3 nitrogen and oxygen atoms in total. The van der Waals surface area contributed by atoms with E-state index in [1.165, 1.54) is 11.3 Å². The smallest absolute Gasteiger partial charge is 0.161 e. The van der Waals surface area contributed by atoms with Crippen molar-refractivity contribution in [1.29, 1.82) is 0 Å². The van der Waals surface area contributed by atoms with Crippen molar-refractivity contribution >= 4 is 29.2 Å². The Hall–Kier alpha value is -1.52. The van der Waals surface area contributed by atoms with E-state index in [1.54, 1.807) is 25.3 Å². The Bertz CT molecular complexity index is 551. The highest BCUT2D eigenvalue weighted by Gasteiger charge is 2.06. The molecular formula is C13H11ClO3S. The SMILES string of the molecule is COc1cc(C=O)ccc1OCc1ccc(Cl)s1. The number of thiophene rings is 1. The first-order valence-electron chi connectivity index (χ1n) is 5.23. The molecule has 94 valence electrons. The molecule has 2 rings (SSSR count). The van der Waals surface area contributed by atoms with Crippen molar-refractivity contribution in [2.45, 2.75) is 6.61 Å². The summed E-state index contributed by atoms with van der Waals surface area (Å²) in [5.74, 6) is 1.15. The van der Waals surface area contributed by atoms with Crippen LogP contribution >= 0.6 is 22.9 Å². The number of carbonyl (C=O) groups is 1. The maximum atomic E-state index is 10.7. The topological polar surface area (TPSA) is 35.5 Å². The van der Waals surface area contributed by atoms with Crippen molar-refractivity contribution in [3.63, 3.8) is 0 Å². The van der Waals surface area contributed by atoms with Crippen LogP contribution in [-0.2, 0) is 6.61 Å². The second kappa shape index (κ2) is 5.89. The van der Waals surface area contributed by atoms with Crippen LogP contribution in [0.5, 0.6) is 11.5 Å².